The van der Waals surface area contributed by atoms with Gasteiger partial charge in [0.1, 0.15) is 0 Å². The van der Waals surface area contributed by atoms with Crippen molar-refractivity contribution in [2.75, 3.05) is 0 Å². The van der Waals surface area contributed by atoms with Crippen molar-refractivity contribution in [3.63, 3.8) is 0 Å². The van der Waals surface area contributed by atoms with Gasteiger partial charge in [-0.05, 0) is 42.5 Å². The average Bonchev–Trinajstić information content (AvgIpc) is 2.45. The second kappa shape index (κ2) is 2.69. The van der Waals surface area contributed by atoms with Crippen LogP contribution >= 0.6 is 23.2 Å². The third-order valence-corrected chi connectivity index (χ3v) is 2.72. The normalized spacial score (nSPS) is 15.1. The predicted molar refractivity (Wildman–Crippen MR) is 48.2 cm³/mol. The van der Waals surface area contributed by atoms with Crippen LogP contribution < -0.4 is 0 Å². The highest BCUT2D eigenvalue weighted by Gasteiger charge is 2.16. The zero-order chi connectivity index (χ0) is 7.84. The number of benzene rings is 1. The van der Waals surface area contributed by atoms with Gasteiger partial charge in [-0.2, -0.15) is 0 Å². The maximum Gasteiger partial charge on any atom is 0.0441 e. The summed E-state index contributed by atoms with van der Waals surface area (Å²) in [6, 6.07) is 3.73. The fourth-order valence-electron chi connectivity index (χ4n) is 1.44. The first-order chi connectivity index (χ1) is 5.29. The van der Waals surface area contributed by atoms with Crippen molar-refractivity contribution in [2.24, 2.45) is 0 Å². The van der Waals surface area contributed by atoms with E-state index in [1.807, 2.05) is 12.1 Å². The highest BCUT2D eigenvalue weighted by atomic mass is 35.5. The molecular formula is C9H7Cl2. The van der Waals surface area contributed by atoms with Crippen molar-refractivity contribution in [1.29, 1.82) is 0 Å². The summed E-state index contributed by atoms with van der Waals surface area (Å²) in [4.78, 5) is 0. The Labute approximate surface area is 76.1 Å². The largest absolute Gasteiger partial charge is 0.0840 e. The third-order valence-electron chi connectivity index (χ3n) is 2.01. The Morgan fingerprint density at radius 1 is 0.909 bits per heavy atom. The van der Waals surface area contributed by atoms with E-state index in [1.165, 1.54) is 11.1 Å². The van der Waals surface area contributed by atoms with E-state index in [2.05, 4.69) is 6.42 Å². The summed E-state index contributed by atoms with van der Waals surface area (Å²) in [5.74, 6) is 0. The Kier molecular flexibility index (Phi) is 1.82. The van der Waals surface area contributed by atoms with Gasteiger partial charge in [-0.3, -0.25) is 0 Å². The minimum atomic E-state index is 0.846. The molecule has 0 amide bonds. The molecule has 0 saturated carbocycles. The average molecular weight is 186 g/mol. The van der Waals surface area contributed by atoms with Gasteiger partial charge in [-0.25, -0.2) is 0 Å². The lowest BCUT2D eigenvalue weighted by Gasteiger charge is -2.02. The van der Waals surface area contributed by atoms with Crippen LogP contribution in [0.5, 0.6) is 0 Å². The number of halogens is 2. The molecule has 0 aromatic heterocycles. The summed E-state index contributed by atoms with van der Waals surface area (Å²) < 4.78 is 0. The topological polar surface area (TPSA) is 0 Å². The van der Waals surface area contributed by atoms with Gasteiger partial charge < -0.3 is 0 Å². The van der Waals surface area contributed by atoms with Gasteiger partial charge in [-0.1, -0.05) is 23.2 Å². The van der Waals surface area contributed by atoms with Crippen LogP contribution in [0.15, 0.2) is 12.1 Å². The molecule has 1 aromatic rings. The molecule has 1 aliphatic rings. The van der Waals surface area contributed by atoms with Crippen molar-refractivity contribution in [3.05, 3.63) is 39.7 Å². The van der Waals surface area contributed by atoms with Gasteiger partial charge in [0.2, 0.25) is 0 Å². The van der Waals surface area contributed by atoms with Gasteiger partial charge in [-0.15, -0.1) is 0 Å². The molecule has 1 radical (unpaired) electrons. The van der Waals surface area contributed by atoms with Crippen molar-refractivity contribution in [2.45, 2.75) is 12.8 Å². The van der Waals surface area contributed by atoms with Crippen molar-refractivity contribution in [1.82, 2.24) is 0 Å². The Bertz CT molecular complexity index is 263. The minimum Gasteiger partial charge on any atom is -0.0840 e. The van der Waals surface area contributed by atoms with Crippen LogP contribution in [-0.2, 0) is 12.8 Å². The van der Waals surface area contributed by atoms with Gasteiger partial charge in [0.15, 0.2) is 0 Å². The predicted octanol–water partition coefficient (Wildman–Crippen LogP) is 3.30. The Balaban J connectivity index is 2.64. The molecule has 11 heavy (non-hydrogen) atoms. The quantitative estimate of drug-likeness (QED) is 0.583. The van der Waals surface area contributed by atoms with E-state index in [1.54, 1.807) is 0 Å². The number of fused-ring (bicyclic) bond motifs is 1. The highest BCUT2D eigenvalue weighted by Crippen LogP contribution is 2.33. The van der Waals surface area contributed by atoms with Gasteiger partial charge in [0, 0.05) is 10.0 Å². The Morgan fingerprint density at radius 2 is 1.36 bits per heavy atom. The maximum absolute atomic E-state index is 5.96. The molecule has 0 bridgehead atoms. The standard InChI is InChI=1S/C9H7Cl2/c10-8-4-5-9(11)7-3-1-2-6(7)8/h1,4-5H,2-3H2. The van der Waals surface area contributed by atoms with E-state index in [9.17, 15) is 0 Å². The molecule has 0 heterocycles. The number of rotatable bonds is 0. The molecule has 0 nitrogen and oxygen atoms in total. The van der Waals surface area contributed by atoms with Crippen LogP contribution in [0.3, 0.4) is 0 Å². The lowest BCUT2D eigenvalue weighted by molar-refractivity contribution is 1.17. The first-order valence-corrected chi connectivity index (χ1v) is 4.32. The molecule has 0 saturated heterocycles. The summed E-state index contributed by atoms with van der Waals surface area (Å²) in [6.07, 6.45) is 4.13. The lowest BCUT2D eigenvalue weighted by atomic mass is 10.1. The second-order valence-corrected chi connectivity index (χ2v) is 3.50. The smallest absolute Gasteiger partial charge is 0.0441 e. The van der Waals surface area contributed by atoms with Crippen LogP contribution in [0.4, 0.5) is 0 Å². The summed E-state index contributed by atoms with van der Waals surface area (Å²) in [5.41, 5.74) is 2.42. The zero-order valence-corrected chi connectivity index (χ0v) is 7.41. The number of hydrogen-bond acceptors (Lipinski definition) is 0. The minimum absolute atomic E-state index is 0.846. The maximum atomic E-state index is 5.96. The molecule has 1 aromatic carbocycles. The SMILES string of the molecule is Clc1ccc(Cl)c2c1C[CH]C2. The molecule has 0 unspecified atom stereocenters. The fourth-order valence-corrected chi connectivity index (χ4v) is 1.95. The molecule has 0 fully saturated rings. The van der Waals surface area contributed by atoms with Crippen LogP contribution in [0.1, 0.15) is 11.1 Å². The molecule has 1 aliphatic carbocycles. The second-order valence-electron chi connectivity index (χ2n) is 2.68. The van der Waals surface area contributed by atoms with Crippen LogP contribution in [0, 0.1) is 6.42 Å². The van der Waals surface area contributed by atoms with E-state index in [0.29, 0.717) is 0 Å². The summed E-state index contributed by atoms with van der Waals surface area (Å²) in [6.45, 7) is 0. The van der Waals surface area contributed by atoms with Gasteiger partial charge >= 0.3 is 0 Å². The summed E-state index contributed by atoms with van der Waals surface area (Å²) >= 11 is 11.9. The van der Waals surface area contributed by atoms with E-state index >= 15 is 0 Å². The molecule has 57 valence electrons. The molecule has 2 rings (SSSR count). The van der Waals surface area contributed by atoms with E-state index in [0.717, 1.165) is 22.9 Å². The van der Waals surface area contributed by atoms with Crippen molar-refractivity contribution < 1.29 is 0 Å². The first kappa shape index (κ1) is 7.45. The molecule has 0 atom stereocenters. The van der Waals surface area contributed by atoms with Crippen LogP contribution in [0.25, 0.3) is 0 Å². The van der Waals surface area contributed by atoms with Crippen molar-refractivity contribution in [3.8, 4) is 0 Å². The number of hydrogen-bond donors (Lipinski definition) is 0. The first-order valence-electron chi connectivity index (χ1n) is 3.56. The molecule has 2 heteroatoms. The van der Waals surface area contributed by atoms with Crippen LogP contribution in [0.2, 0.25) is 10.0 Å². The summed E-state index contributed by atoms with van der Waals surface area (Å²) in [5, 5.41) is 1.69. The van der Waals surface area contributed by atoms with E-state index < -0.39 is 0 Å². The van der Waals surface area contributed by atoms with E-state index in [4.69, 9.17) is 23.2 Å². The molecule has 0 N–H and O–H groups in total. The molecule has 0 spiro atoms. The fraction of sp³-hybridized carbons (Fsp3) is 0.222. The zero-order valence-electron chi connectivity index (χ0n) is 5.90. The van der Waals surface area contributed by atoms with Crippen molar-refractivity contribution >= 4 is 23.2 Å². The lowest BCUT2D eigenvalue weighted by Crippen LogP contribution is -1.84. The van der Waals surface area contributed by atoms with Gasteiger partial charge in [0.25, 0.3) is 0 Å². The Hall–Kier alpha value is -0.200. The third kappa shape index (κ3) is 1.15. The summed E-state index contributed by atoms with van der Waals surface area (Å²) in [7, 11) is 0. The molecule has 0 aliphatic heterocycles. The van der Waals surface area contributed by atoms with E-state index in [-0.39, 0.29) is 0 Å². The van der Waals surface area contributed by atoms with Crippen LogP contribution in [-0.4, -0.2) is 0 Å². The monoisotopic (exact) mass is 185 g/mol. The highest BCUT2D eigenvalue weighted by molar-refractivity contribution is 6.34. The molecular weight excluding hydrogens is 179 g/mol. The van der Waals surface area contributed by atoms with Gasteiger partial charge in [0.05, 0.1) is 0 Å². The Morgan fingerprint density at radius 3 is 1.82 bits per heavy atom.